The largest absolute Gasteiger partial charge is 0.484 e. The van der Waals surface area contributed by atoms with Crippen LogP contribution in [0.5, 0.6) is 5.75 Å². The number of nitrogens with one attached hydrogen (secondary N) is 1. The monoisotopic (exact) mass is 527 g/mol. The summed E-state index contributed by atoms with van der Waals surface area (Å²) in [5, 5.41) is 17.1. The van der Waals surface area contributed by atoms with Crippen LogP contribution >= 0.6 is 0 Å². The van der Waals surface area contributed by atoms with E-state index in [0.717, 1.165) is 22.9 Å². The van der Waals surface area contributed by atoms with Crippen molar-refractivity contribution in [3.8, 4) is 11.4 Å². The van der Waals surface area contributed by atoms with Gasteiger partial charge in [-0.3, -0.25) is 9.59 Å². The molecule has 1 aliphatic rings. The average Bonchev–Trinajstić information content (AvgIpc) is 3.59. The third-order valence-corrected chi connectivity index (χ3v) is 6.92. The molecule has 0 bridgehead atoms. The molecule has 10 nitrogen and oxygen atoms in total. The fourth-order valence-electron chi connectivity index (χ4n) is 5.05. The number of carbonyl (C=O) groups is 3. The molecule has 5 rings (SSSR count). The van der Waals surface area contributed by atoms with Crippen LogP contribution in [0, 0.1) is 0 Å². The van der Waals surface area contributed by atoms with Gasteiger partial charge in [0, 0.05) is 17.5 Å². The average molecular weight is 528 g/mol. The minimum Gasteiger partial charge on any atom is -0.484 e. The van der Waals surface area contributed by atoms with Crippen molar-refractivity contribution in [1.82, 2.24) is 20.0 Å². The molecule has 3 amide bonds. The molecule has 1 aromatic heterocycles. The van der Waals surface area contributed by atoms with Crippen LogP contribution in [0.3, 0.4) is 0 Å². The Hall–Kier alpha value is -4.86. The molecule has 0 aliphatic carbocycles. The number of nitrogens with zero attached hydrogens (tertiary/aromatic N) is 3. The van der Waals surface area contributed by atoms with Gasteiger partial charge in [0.1, 0.15) is 17.9 Å². The van der Waals surface area contributed by atoms with Gasteiger partial charge in [0.15, 0.2) is 0 Å². The van der Waals surface area contributed by atoms with Gasteiger partial charge in [-0.15, -0.1) is 0 Å². The van der Waals surface area contributed by atoms with Gasteiger partial charge in [0.05, 0.1) is 23.4 Å². The molecule has 4 N–H and O–H groups in total. The molecule has 10 heteroatoms. The van der Waals surface area contributed by atoms with Crippen LogP contribution in [0.2, 0.25) is 0 Å². The predicted octanol–water partition coefficient (Wildman–Crippen LogP) is 3.89. The quantitative estimate of drug-likeness (QED) is 0.318. The SMILES string of the molecule is C[C@H](NC(=O)O)[C@H](Oc1ccc2c(cnn2-c2cccc(C(=O)N3CCC[C@@H]3C(N)=O)c2)c1)c1ccccc1. The number of hydrogen-bond acceptors (Lipinski definition) is 5. The number of likely N-dealkylation sites (tertiary alicyclic amines) is 1. The summed E-state index contributed by atoms with van der Waals surface area (Å²) in [5.41, 5.74) is 8.29. The Kier molecular flexibility index (Phi) is 7.18. The lowest BCUT2D eigenvalue weighted by Gasteiger charge is -2.25. The first kappa shape index (κ1) is 25.8. The molecule has 0 saturated carbocycles. The number of rotatable bonds is 8. The Morgan fingerprint density at radius 2 is 1.87 bits per heavy atom. The summed E-state index contributed by atoms with van der Waals surface area (Å²) in [5.74, 6) is -0.164. The summed E-state index contributed by atoms with van der Waals surface area (Å²) < 4.78 is 8.00. The Bertz CT molecular complexity index is 1520. The second-order valence-electron chi connectivity index (χ2n) is 9.57. The Labute approximate surface area is 225 Å². The summed E-state index contributed by atoms with van der Waals surface area (Å²) in [7, 11) is 0. The topological polar surface area (TPSA) is 140 Å². The minimum atomic E-state index is -1.13. The standard InChI is InChI=1S/C29H29N5O5/c1-18(32-29(37)38)26(19-7-3-2-4-8-19)39-23-12-13-24-21(16-23)17-31-34(24)22-10-5-9-20(15-22)28(36)33-14-6-11-25(33)27(30)35/h2-5,7-10,12-13,15-18,25-26,32H,6,11,14H2,1H3,(H2,30,35)(H,37,38)/t18-,25+,26-/m0/s1. The molecule has 0 spiro atoms. The van der Waals surface area contributed by atoms with E-state index >= 15 is 0 Å². The van der Waals surface area contributed by atoms with E-state index in [9.17, 15) is 19.5 Å². The van der Waals surface area contributed by atoms with Crippen LogP contribution in [-0.4, -0.2) is 56.3 Å². The number of nitrogens with two attached hydrogens (primary N) is 1. The normalized spacial score (nSPS) is 16.5. The number of fused-ring (bicyclic) bond motifs is 1. The number of benzene rings is 3. The van der Waals surface area contributed by atoms with Crippen LogP contribution in [0.15, 0.2) is 79.0 Å². The molecule has 1 fully saturated rings. The zero-order valence-electron chi connectivity index (χ0n) is 21.4. The lowest BCUT2D eigenvalue weighted by atomic mass is 10.0. The van der Waals surface area contributed by atoms with Crippen LogP contribution in [-0.2, 0) is 4.79 Å². The third kappa shape index (κ3) is 5.40. The van der Waals surface area contributed by atoms with E-state index in [2.05, 4.69) is 10.4 Å². The van der Waals surface area contributed by atoms with E-state index in [0.29, 0.717) is 30.0 Å². The van der Waals surface area contributed by atoms with Crippen molar-refractivity contribution in [2.24, 2.45) is 5.73 Å². The first-order valence-electron chi connectivity index (χ1n) is 12.7. The minimum absolute atomic E-state index is 0.235. The molecule has 0 unspecified atom stereocenters. The molecule has 39 heavy (non-hydrogen) atoms. The molecule has 200 valence electrons. The van der Waals surface area contributed by atoms with Crippen molar-refractivity contribution in [2.45, 2.75) is 38.0 Å². The molecule has 1 saturated heterocycles. The highest BCUT2D eigenvalue weighted by atomic mass is 16.5. The van der Waals surface area contributed by atoms with Gasteiger partial charge in [-0.2, -0.15) is 5.10 Å². The maximum Gasteiger partial charge on any atom is 0.405 e. The highest BCUT2D eigenvalue weighted by molar-refractivity contribution is 5.98. The Balaban J connectivity index is 1.41. The van der Waals surface area contributed by atoms with Crippen molar-refractivity contribution in [2.75, 3.05) is 6.54 Å². The van der Waals surface area contributed by atoms with E-state index in [1.54, 1.807) is 42.1 Å². The first-order chi connectivity index (χ1) is 18.8. The summed E-state index contributed by atoms with van der Waals surface area (Å²) in [6.45, 7) is 2.25. The number of carbonyl (C=O) groups excluding carboxylic acids is 2. The van der Waals surface area contributed by atoms with Crippen LogP contribution in [0.25, 0.3) is 16.6 Å². The first-order valence-corrected chi connectivity index (χ1v) is 12.7. The zero-order valence-corrected chi connectivity index (χ0v) is 21.4. The van der Waals surface area contributed by atoms with Gasteiger partial charge in [0.2, 0.25) is 5.91 Å². The van der Waals surface area contributed by atoms with Gasteiger partial charge in [-0.25, -0.2) is 9.48 Å². The van der Waals surface area contributed by atoms with E-state index < -0.39 is 30.2 Å². The van der Waals surface area contributed by atoms with Gasteiger partial charge >= 0.3 is 6.09 Å². The van der Waals surface area contributed by atoms with Gasteiger partial charge in [-0.1, -0.05) is 36.4 Å². The number of hydrogen-bond donors (Lipinski definition) is 3. The molecular weight excluding hydrogens is 498 g/mol. The van der Waals surface area contributed by atoms with Crippen LogP contribution in [0.1, 0.15) is 41.8 Å². The predicted molar refractivity (Wildman–Crippen MR) is 145 cm³/mol. The van der Waals surface area contributed by atoms with E-state index in [1.165, 1.54) is 4.90 Å². The zero-order chi connectivity index (χ0) is 27.5. The summed E-state index contributed by atoms with van der Waals surface area (Å²) in [4.78, 5) is 37.8. The molecule has 3 aromatic carbocycles. The Morgan fingerprint density at radius 3 is 2.62 bits per heavy atom. The number of aromatic nitrogens is 2. The smallest absolute Gasteiger partial charge is 0.405 e. The highest BCUT2D eigenvalue weighted by Crippen LogP contribution is 2.29. The van der Waals surface area contributed by atoms with Crippen molar-refractivity contribution in [3.63, 3.8) is 0 Å². The number of primary amides is 1. The van der Waals surface area contributed by atoms with Crippen LogP contribution in [0.4, 0.5) is 4.79 Å². The van der Waals surface area contributed by atoms with E-state index in [1.807, 2.05) is 48.5 Å². The number of amides is 3. The van der Waals surface area contributed by atoms with Crippen molar-refractivity contribution in [1.29, 1.82) is 0 Å². The summed E-state index contributed by atoms with van der Waals surface area (Å²) >= 11 is 0. The molecule has 0 radical (unpaired) electrons. The number of ether oxygens (including phenoxy) is 1. The van der Waals surface area contributed by atoms with Crippen molar-refractivity contribution >= 4 is 28.8 Å². The second kappa shape index (κ2) is 10.9. The van der Waals surface area contributed by atoms with Gasteiger partial charge < -0.3 is 25.8 Å². The molecule has 2 heterocycles. The molecular formula is C29H29N5O5. The maximum atomic E-state index is 13.2. The van der Waals surface area contributed by atoms with E-state index in [-0.39, 0.29) is 5.91 Å². The van der Waals surface area contributed by atoms with Crippen LogP contribution < -0.4 is 15.8 Å². The Morgan fingerprint density at radius 1 is 1.08 bits per heavy atom. The lowest BCUT2D eigenvalue weighted by molar-refractivity contribution is -0.121. The molecule has 4 aromatic rings. The third-order valence-electron chi connectivity index (χ3n) is 6.92. The summed E-state index contributed by atoms with van der Waals surface area (Å²) in [6.07, 6.45) is 1.34. The molecule has 1 aliphatic heterocycles. The second-order valence-corrected chi connectivity index (χ2v) is 9.57. The number of carboxylic acid groups (broad SMARTS) is 1. The lowest BCUT2D eigenvalue weighted by Crippen LogP contribution is -2.43. The highest BCUT2D eigenvalue weighted by Gasteiger charge is 2.33. The fourth-order valence-corrected chi connectivity index (χ4v) is 5.05. The fraction of sp³-hybridized carbons (Fsp3) is 0.241. The van der Waals surface area contributed by atoms with E-state index in [4.69, 9.17) is 10.5 Å². The van der Waals surface area contributed by atoms with Crippen molar-refractivity contribution < 1.29 is 24.2 Å². The van der Waals surface area contributed by atoms with Crippen molar-refractivity contribution in [3.05, 3.63) is 90.1 Å². The van der Waals surface area contributed by atoms with Gasteiger partial charge in [-0.05, 0) is 61.7 Å². The summed E-state index contributed by atoms with van der Waals surface area (Å²) in [6, 6.07) is 21.0. The van der Waals surface area contributed by atoms with Gasteiger partial charge in [0.25, 0.3) is 5.91 Å². The molecule has 3 atom stereocenters. The maximum absolute atomic E-state index is 13.2.